The van der Waals surface area contributed by atoms with Gasteiger partial charge in [0.2, 0.25) is 0 Å². The molecule has 0 saturated carbocycles. The van der Waals surface area contributed by atoms with Gasteiger partial charge in [0.05, 0.1) is 5.52 Å². The van der Waals surface area contributed by atoms with Crippen LogP contribution in [0.3, 0.4) is 0 Å². The number of anilines is 1. The van der Waals surface area contributed by atoms with Crippen molar-refractivity contribution in [3.05, 3.63) is 58.6 Å². The van der Waals surface area contributed by atoms with Crippen molar-refractivity contribution in [2.24, 2.45) is 0 Å². The lowest BCUT2D eigenvalue weighted by Gasteiger charge is -2.05. The molecule has 1 aromatic heterocycles. The molecular weight excluding hydrogens is 284 g/mol. The molecule has 0 aliphatic rings. The van der Waals surface area contributed by atoms with E-state index in [0.717, 1.165) is 27.4 Å². The Kier molecular flexibility index (Phi) is 3.75. The number of aromatic nitrogens is 1. The second-order valence-electron chi connectivity index (χ2n) is 4.85. The van der Waals surface area contributed by atoms with Crippen molar-refractivity contribution >= 4 is 28.5 Å². The lowest BCUT2D eigenvalue weighted by atomic mass is 10.2. The molecule has 0 bridgehead atoms. The van der Waals surface area contributed by atoms with Gasteiger partial charge >= 0.3 is 5.76 Å². The van der Waals surface area contributed by atoms with Gasteiger partial charge in [0, 0.05) is 22.9 Å². The maximum atomic E-state index is 11.9. The first kappa shape index (κ1) is 13.8. The van der Waals surface area contributed by atoms with E-state index in [1.807, 2.05) is 43.3 Å². The zero-order valence-electron chi connectivity index (χ0n) is 11.7. The van der Waals surface area contributed by atoms with Crippen molar-refractivity contribution in [3.8, 4) is 0 Å². The van der Waals surface area contributed by atoms with Crippen LogP contribution in [0.1, 0.15) is 5.56 Å². The summed E-state index contributed by atoms with van der Waals surface area (Å²) in [6, 6.07) is 13.5. The number of para-hydroxylation sites is 2. The van der Waals surface area contributed by atoms with Gasteiger partial charge in [-0.25, -0.2) is 4.79 Å². The Morgan fingerprint density at radius 1 is 1.24 bits per heavy atom. The number of nitrogens with zero attached hydrogens (tertiary/aromatic N) is 1. The molecule has 0 aliphatic carbocycles. The van der Waals surface area contributed by atoms with Gasteiger partial charge in [0.1, 0.15) is 0 Å². The highest BCUT2D eigenvalue weighted by atomic mass is 32.2. The molecule has 0 radical (unpaired) electrons. The summed E-state index contributed by atoms with van der Waals surface area (Å²) in [5.41, 5.74) is 9.17. The number of nitrogens with two attached hydrogens (primary N) is 1. The molecule has 1 heterocycles. The molecule has 5 heteroatoms. The number of nitrogen functional groups attached to an aromatic ring is 1. The van der Waals surface area contributed by atoms with Crippen LogP contribution in [0.15, 0.2) is 56.6 Å². The monoisotopic (exact) mass is 300 g/mol. The van der Waals surface area contributed by atoms with Crippen LogP contribution < -0.4 is 11.5 Å². The summed E-state index contributed by atoms with van der Waals surface area (Å²) >= 11 is 1.70. The SMILES string of the molecule is Cc1cc(SCCn2c(=O)oc3ccccc32)ccc1N. The van der Waals surface area contributed by atoms with E-state index >= 15 is 0 Å². The molecule has 3 aromatic rings. The summed E-state index contributed by atoms with van der Waals surface area (Å²) in [6.45, 7) is 2.61. The highest BCUT2D eigenvalue weighted by Crippen LogP contribution is 2.23. The standard InChI is InChI=1S/C16H16N2O2S/c1-11-10-12(6-7-13(11)17)21-9-8-18-14-4-2-3-5-15(14)20-16(18)19/h2-7,10H,8-9,17H2,1H3. The average molecular weight is 300 g/mol. The largest absolute Gasteiger partial charge is 0.419 e. The Morgan fingerprint density at radius 2 is 2.05 bits per heavy atom. The molecule has 0 atom stereocenters. The predicted octanol–water partition coefficient (Wildman–Crippen LogP) is 3.28. The lowest BCUT2D eigenvalue weighted by molar-refractivity contribution is 0.514. The van der Waals surface area contributed by atoms with Gasteiger partial charge in [-0.3, -0.25) is 4.57 Å². The van der Waals surface area contributed by atoms with Crippen LogP contribution in [0.2, 0.25) is 0 Å². The number of benzene rings is 2. The summed E-state index contributed by atoms with van der Waals surface area (Å²) in [6.07, 6.45) is 0. The van der Waals surface area contributed by atoms with Crippen molar-refractivity contribution in [2.75, 3.05) is 11.5 Å². The maximum Gasteiger partial charge on any atom is 0.419 e. The minimum atomic E-state index is -0.301. The number of oxazole rings is 1. The molecule has 3 rings (SSSR count). The minimum Gasteiger partial charge on any atom is -0.408 e. The molecule has 0 unspecified atom stereocenters. The Hall–Kier alpha value is -2.14. The second-order valence-corrected chi connectivity index (χ2v) is 6.02. The lowest BCUT2D eigenvalue weighted by Crippen LogP contribution is -2.15. The van der Waals surface area contributed by atoms with Gasteiger partial charge in [0.25, 0.3) is 0 Å². The van der Waals surface area contributed by atoms with Crippen molar-refractivity contribution in [3.63, 3.8) is 0 Å². The maximum absolute atomic E-state index is 11.9. The van der Waals surface area contributed by atoms with E-state index in [2.05, 4.69) is 6.07 Å². The van der Waals surface area contributed by atoms with Crippen molar-refractivity contribution in [1.29, 1.82) is 0 Å². The molecule has 0 aliphatic heterocycles. The van der Waals surface area contributed by atoms with Gasteiger partial charge in [-0.15, -0.1) is 11.8 Å². The van der Waals surface area contributed by atoms with E-state index < -0.39 is 0 Å². The number of fused-ring (bicyclic) bond motifs is 1. The quantitative estimate of drug-likeness (QED) is 0.593. The molecule has 2 aromatic carbocycles. The molecule has 0 spiro atoms. The van der Waals surface area contributed by atoms with Crippen LogP contribution in [0.4, 0.5) is 5.69 Å². The smallest absolute Gasteiger partial charge is 0.408 e. The first-order valence-electron chi connectivity index (χ1n) is 6.72. The summed E-state index contributed by atoms with van der Waals surface area (Å²) in [7, 11) is 0. The van der Waals surface area contributed by atoms with Crippen molar-refractivity contribution in [2.45, 2.75) is 18.4 Å². The summed E-state index contributed by atoms with van der Waals surface area (Å²) in [5, 5.41) is 0. The first-order valence-corrected chi connectivity index (χ1v) is 7.71. The van der Waals surface area contributed by atoms with Gasteiger partial charge in [-0.2, -0.15) is 0 Å². The predicted molar refractivity (Wildman–Crippen MR) is 86.8 cm³/mol. The van der Waals surface area contributed by atoms with E-state index in [0.29, 0.717) is 12.1 Å². The third-order valence-electron chi connectivity index (χ3n) is 3.40. The summed E-state index contributed by atoms with van der Waals surface area (Å²) in [5.74, 6) is 0.498. The van der Waals surface area contributed by atoms with Crippen LogP contribution in [0.5, 0.6) is 0 Å². The Morgan fingerprint density at radius 3 is 2.86 bits per heavy atom. The highest BCUT2D eigenvalue weighted by molar-refractivity contribution is 7.99. The molecule has 0 amide bonds. The molecule has 108 valence electrons. The number of hydrogen-bond donors (Lipinski definition) is 1. The third kappa shape index (κ3) is 2.83. The van der Waals surface area contributed by atoms with Crippen molar-refractivity contribution in [1.82, 2.24) is 4.57 Å². The number of rotatable bonds is 4. The first-order chi connectivity index (χ1) is 10.1. The van der Waals surface area contributed by atoms with Crippen LogP contribution in [0, 0.1) is 6.92 Å². The minimum absolute atomic E-state index is 0.301. The number of hydrogen-bond acceptors (Lipinski definition) is 4. The van der Waals surface area contributed by atoms with Crippen LogP contribution in [-0.2, 0) is 6.54 Å². The summed E-state index contributed by atoms with van der Waals surface area (Å²) < 4.78 is 6.89. The molecule has 21 heavy (non-hydrogen) atoms. The van der Waals surface area contributed by atoms with Crippen molar-refractivity contribution < 1.29 is 4.42 Å². The van der Waals surface area contributed by atoms with E-state index in [1.165, 1.54) is 0 Å². The second kappa shape index (κ2) is 5.69. The van der Waals surface area contributed by atoms with Crippen LogP contribution in [-0.4, -0.2) is 10.3 Å². The molecule has 4 nitrogen and oxygen atoms in total. The third-order valence-corrected chi connectivity index (χ3v) is 4.37. The fourth-order valence-corrected chi connectivity index (χ4v) is 3.15. The molecule has 2 N–H and O–H groups in total. The fraction of sp³-hybridized carbons (Fsp3) is 0.188. The zero-order chi connectivity index (χ0) is 14.8. The van der Waals surface area contributed by atoms with E-state index in [1.54, 1.807) is 16.3 Å². The van der Waals surface area contributed by atoms with Crippen LogP contribution in [0.25, 0.3) is 11.1 Å². The highest BCUT2D eigenvalue weighted by Gasteiger charge is 2.08. The molecule has 0 fully saturated rings. The van der Waals surface area contributed by atoms with Gasteiger partial charge in [-0.1, -0.05) is 12.1 Å². The summed E-state index contributed by atoms with van der Waals surface area (Å²) in [4.78, 5) is 13.0. The Bertz CT molecular complexity index is 836. The van der Waals surface area contributed by atoms with Gasteiger partial charge in [-0.05, 0) is 42.8 Å². The van der Waals surface area contributed by atoms with Gasteiger partial charge in [0.15, 0.2) is 5.58 Å². The zero-order valence-corrected chi connectivity index (χ0v) is 12.5. The number of aryl methyl sites for hydroxylation is 2. The fourth-order valence-electron chi connectivity index (χ4n) is 2.22. The average Bonchev–Trinajstić information content (AvgIpc) is 2.79. The van der Waals surface area contributed by atoms with E-state index in [-0.39, 0.29) is 5.76 Å². The number of thioether (sulfide) groups is 1. The molecular formula is C16H16N2O2S. The molecule has 0 saturated heterocycles. The Balaban J connectivity index is 1.73. The topological polar surface area (TPSA) is 61.2 Å². The van der Waals surface area contributed by atoms with E-state index in [4.69, 9.17) is 10.2 Å². The van der Waals surface area contributed by atoms with Crippen LogP contribution >= 0.6 is 11.8 Å². The van der Waals surface area contributed by atoms with Gasteiger partial charge < -0.3 is 10.2 Å². The Labute approximate surface area is 126 Å². The normalized spacial score (nSPS) is 11.1. The van der Waals surface area contributed by atoms with E-state index in [9.17, 15) is 4.79 Å².